The smallest absolute Gasteiger partial charge is 0.247 e. The third-order valence-corrected chi connectivity index (χ3v) is 3.56. The number of aromatic nitrogens is 5. The van der Waals surface area contributed by atoms with E-state index >= 15 is 0 Å². The number of hydrogen-bond acceptors (Lipinski definition) is 8. The van der Waals surface area contributed by atoms with Gasteiger partial charge in [0.2, 0.25) is 17.7 Å². The Hall–Kier alpha value is -3.03. The molecule has 0 saturated heterocycles. The van der Waals surface area contributed by atoms with Crippen molar-refractivity contribution < 1.29 is 9.26 Å². The highest BCUT2D eigenvalue weighted by atomic mass is 16.5. The topological polar surface area (TPSA) is 98.9 Å². The van der Waals surface area contributed by atoms with Gasteiger partial charge in [0, 0.05) is 12.6 Å². The van der Waals surface area contributed by atoms with Crippen LogP contribution in [0, 0.1) is 6.92 Å². The molecule has 25 heavy (non-hydrogen) atoms. The molecule has 0 aliphatic rings. The molecule has 0 amide bonds. The molecule has 2 heterocycles. The molecule has 0 spiro atoms. The van der Waals surface area contributed by atoms with Crippen molar-refractivity contribution in [2.45, 2.75) is 40.2 Å². The van der Waals surface area contributed by atoms with Crippen LogP contribution in [0.3, 0.4) is 0 Å². The summed E-state index contributed by atoms with van der Waals surface area (Å²) in [6.07, 6.45) is 1.66. The molecule has 3 rings (SSSR count). The Labute approximate surface area is 145 Å². The van der Waals surface area contributed by atoms with Crippen molar-refractivity contribution in [1.82, 2.24) is 25.3 Å². The Morgan fingerprint density at radius 1 is 1.00 bits per heavy atom. The van der Waals surface area contributed by atoms with Crippen molar-refractivity contribution in [3.8, 4) is 5.75 Å². The summed E-state index contributed by atoms with van der Waals surface area (Å²) < 4.78 is 10.5. The Balaban J connectivity index is 1.62. The lowest BCUT2D eigenvalue weighted by molar-refractivity contribution is 0.286. The molecule has 0 radical (unpaired) electrons. The molecule has 130 valence electrons. The Morgan fingerprint density at radius 3 is 2.40 bits per heavy atom. The molecule has 0 fully saturated rings. The second-order valence-electron chi connectivity index (χ2n) is 5.40. The standard InChI is InChI=1S/C17H20N6O2/c1-4-14-15(5-2)21-22-17(20-14)19-12-6-8-13(9-7-12)24-10-16-18-11(3)25-23-16/h6-9H,4-5,10H2,1-3H3,(H,19,20,22). The summed E-state index contributed by atoms with van der Waals surface area (Å²) in [5, 5.41) is 15.3. The van der Waals surface area contributed by atoms with Gasteiger partial charge in [0.05, 0.1) is 11.4 Å². The highest BCUT2D eigenvalue weighted by molar-refractivity contribution is 5.54. The van der Waals surface area contributed by atoms with E-state index < -0.39 is 0 Å². The van der Waals surface area contributed by atoms with Gasteiger partial charge in [-0.3, -0.25) is 0 Å². The van der Waals surface area contributed by atoms with E-state index in [1.54, 1.807) is 6.92 Å². The Kier molecular flexibility index (Phi) is 5.17. The zero-order valence-corrected chi connectivity index (χ0v) is 14.5. The monoisotopic (exact) mass is 340 g/mol. The number of nitrogens with one attached hydrogen (secondary N) is 1. The van der Waals surface area contributed by atoms with E-state index in [1.807, 2.05) is 31.2 Å². The normalized spacial score (nSPS) is 10.7. The van der Waals surface area contributed by atoms with E-state index in [0.29, 0.717) is 23.4 Å². The number of benzene rings is 1. The summed E-state index contributed by atoms with van der Waals surface area (Å²) >= 11 is 0. The average molecular weight is 340 g/mol. The predicted octanol–water partition coefficient (Wildman–Crippen LogP) is 3.01. The first-order chi connectivity index (χ1) is 12.2. The Morgan fingerprint density at radius 2 is 1.76 bits per heavy atom. The number of rotatable bonds is 7. The molecule has 2 aromatic heterocycles. The fourth-order valence-electron chi connectivity index (χ4n) is 2.30. The molecule has 1 N–H and O–H groups in total. The van der Waals surface area contributed by atoms with Crippen LogP contribution in [0.2, 0.25) is 0 Å². The lowest BCUT2D eigenvalue weighted by Crippen LogP contribution is -2.06. The number of aryl methyl sites for hydroxylation is 3. The third-order valence-electron chi connectivity index (χ3n) is 3.56. The van der Waals surface area contributed by atoms with Crippen LogP contribution in [0.25, 0.3) is 0 Å². The molecule has 0 atom stereocenters. The van der Waals surface area contributed by atoms with Gasteiger partial charge < -0.3 is 14.6 Å². The molecule has 0 saturated carbocycles. The first-order valence-electron chi connectivity index (χ1n) is 8.19. The van der Waals surface area contributed by atoms with Crippen molar-refractivity contribution in [2.75, 3.05) is 5.32 Å². The van der Waals surface area contributed by atoms with Crippen LogP contribution in [0.15, 0.2) is 28.8 Å². The molecule has 3 aromatic rings. The lowest BCUT2D eigenvalue weighted by atomic mass is 10.2. The van der Waals surface area contributed by atoms with Crippen molar-refractivity contribution in [2.24, 2.45) is 0 Å². The molecular formula is C17H20N6O2. The molecule has 0 aliphatic heterocycles. The minimum absolute atomic E-state index is 0.259. The van der Waals surface area contributed by atoms with Crippen molar-refractivity contribution in [3.63, 3.8) is 0 Å². The van der Waals surface area contributed by atoms with Crippen LogP contribution in [0.5, 0.6) is 5.75 Å². The van der Waals surface area contributed by atoms with Gasteiger partial charge in [-0.15, -0.1) is 10.2 Å². The minimum Gasteiger partial charge on any atom is -0.485 e. The van der Waals surface area contributed by atoms with Crippen LogP contribution < -0.4 is 10.1 Å². The van der Waals surface area contributed by atoms with Crippen molar-refractivity contribution >= 4 is 11.6 Å². The first kappa shape index (κ1) is 16.8. The van der Waals surface area contributed by atoms with Crippen molar-refractivity contribution in [3.05, 3.63) is 47.4 Å². The van der Waals surface area contributed by atoms with Gasteiger partial charge in [-0.1, -0.05) is 19.0 Å². The van der Waals surface area contributed by atoms with E-state index in [-0.39, 0.29) is 6.61 Å². The van der Waals surface area contributed by atoms with E-state index in [9.17, 15) is 0 Å². The lowest BCUT2D eigenvalue weighted by Gasteiger charge is -2.09. The maximum absolute atomic E-state index is 5.62. The van der Waals surface area contributed by atoms with Crippen LogP contribution in [-0.4, -0.2) is 25.3 Å². The summed E-state index contributed by atoms with van der Waals surface area (Å²) in [5.74, 6) is 2.24. The molecular weight excluding hydrogens is 320 g/mol. The van der Waals surface area contributed by atoms with Gasteiger partial charge in [-0.2, -0.15) is 4.98 Å². The van der Waals surface area contributed by atoms with Crippen LogP contribution in [0.1, 0.15) is 37.0 Å². The highest BCUT2D eigenvalue weighted by Gasteiger charge is 2.07. The second-order valence-corrected chi connectivity index (χ2v) is 5.40. The summed E-state index contributed by atoms with van der Waals surface area (Å²) in [6.45, 7) is 6.11. The summed E-state index contributed by atoms with van der Waals surface area (Å²) in [4.78, 5) is 8.61. The number of anilines is 2. The third kappa shape index (κ3) is 4.28. The van der Waals surface area contributed by atoms with E-state index in [4.69, 9.17) is 9.26 Å². The quantitative estimate of drug-likeness (QED) is 0.701. The van der Waals surface area contributed by atoms with Crippen molar-refractivity contribution in [1.29, 1.82) is 0 Å². The van der Waals surface area contributed by atoms with Gasteiger partial charge in [0.25, 0.3) is 0 Å². The molecule has 0 unspecified atom stereocenters. The van der Waals surface area contributed by atoms with Gasteiger partial charge >= 0.3 is 0 Å². The second kappa shape index (κ2) is 7.69. The van der Waals surface area contributed by atoms with Gasteiger partial charge in [-0.05, 0) is 37.1 Å². The number of ether oxygens (including phenoxy) is 1. The van der Waals surface area contributed by atoms with Gasteiger partial charge in [0.1, 0.15) is 5.75 Å². The zero-order chi connectivity index (χ0) is 17.6. The highest BCUT2D eigenvalue weighted by Crippen LogP contribution is 2.19. The summed E-state index contributed by atoms with van der Waals surface area (Å²) in [6, 6.07) is 7.48. The SMILES string of the molecule is CCc1nnc(Nc2ccc(OCc3noc(C)n3)cc2)nc1CC. The number of hydrogen-bond donors (Lipinski definition) is 1. The molecule has 0 aliphatic carbocycles. The predicted molar refractivity (Wildman–Crippen MR) is 91.7 cm³/mol. The first-order valence-corrected chi connectivity index (χ1v) is 8.19. The van der Waals surface area contributed by atoms with Gasteiger partial charge in [0.15, 0.2) is 6.61 Å². The maximum atomic E-state index is 5.62. The van der Waals surface area contributed by atoms with Crippen LogP contribution in [-0.2, 0) is 19.4 Å². The molecule has 1 aromatic carbocycles. The zero-order valence-electron chi connectivity index (χ0n) is 14.5. The molecule has 8 nitrogen and oxygen atoms in total. The largest absolute Gasteiger partial charge is 0.485 e. The van der Waals surface area contributed by atoms with E-state index in [0.717, 1.165) is 29.9 Å². The maximum Gasteiger partial charge on any atom is 0.247 e. The fraction of sp³-hybridized carbons (Fsp3) is 0.353. The summed E-state index contributed by atoms with van der Waals surface area (Å²) in [7, 11) is 0. The fourth-order valence-corrected chi connectivity index (χ4v) is 2.30. The van der Waals surface area contributed by atoms with E-state index in [2.05, 4.69) is 37.6 Å². The molecule has 8 heteroatoms. The van der Waals surface area contributed by atoms with Crippen LogP contribution in [0.4, 0.5) is 11.6 Å². The Bertz CT molecular complexity index is 831. The minimum atomic E-state index is 0.259. The summed E-state index contributed by atoms with van der Waals surface area (Å²) in [5.41, 5.74) is 2.76. The van der Waals surface area contributed by atoms with Crippen LogP contribution >= 0.6 is 0 Å². The average Bonchev–Trinajstić information content (AvgIpc) is 3.06. The number of nitrogens with zero attached hydrogens (tertiary/aromatic N) is 5. The van der Waals surface area contributed by atoms with E-state index in [1.165, 1.54) is 0 Å². The molecule has 0 bridgehead atoms. The van der Waals surface area contributed by atoms with Gasteiger partial charge in [-0.25, -0.2) is 4.98 Å².